The maximum Gasteiger partial charge on any atom is 0.277 e. The standard InChI is InChI=1S/C16H18N4O2S/c1-8-6-9(2)13(10(3)7-8)15-19-20-16(22-15)23-11(4)14-18-17-12(5)21-14/h6-7,11H,1-5H3. The number of hydrogen-bond acceptors (Lipinski definition) is 7. The van der Waals surface area contributed by atoms with Gasteiger partial charge in [0.2, 0.25) is 17.7 Å². The highest BCUT2D eigenvalue weighted by Gasteiger charge is 2.19. The highest BCUT2D eigenvalue weighted by Crippen LogP contribution is 2.35. The number of rotatable bonds is 4. The van der Waals surface area contributed by atoms with Crippen LogP contribution in [0.2, 0.25) is 0 Å². The monoisotopic (exact) mass is 330 g/mol. The molecule has 0 fully saturated rings. The lowest BCUT2D eigenvalue weighted by Crippen LogP contribution is -1.90. The number of aryl methyl sites for hydroxylation is 4. The van der Waals surface area contributed by atoms with Crippen LogP contribution in [0.1, 0.15) is 40.6 Å². The van der Waals surface area contributed by atoms with E-state index in [2.05, 4.69) is 53.3 Å². The molecule has 6 nitrogen and oxygen atoms in total. The van der Waals surface area contributed by atoms with Gasteiger partial charge < -0.3 is 8.83 Å². The number of thioether (sulfide) groups is 1. The average Bonchev–Trinajstić information content (AvgIpc) is 3.07. The van der Waals surface area contributed by atoms with Gasteiger partial charge in [0.25, 0.3) is 5.22 Å². The molecule has 1 atom stereocenters. The van der Waals surface area contributed by atoms with Crippen LogP contribution in [0.4, 0.5) is 0 Å². The van der Waals surface area contributed by atoms with E-state index >= 15 is 0 Å². The van der Waals surface area contributed by atoms with Crippen molar-refractivity contribution in [3.63, 3.8) is 0 Å². The van der Waals surface area contributed by atoms with Gasteiger partial charge in [0.15, 0.2) is 0 Å². The Morgan fingerprint density at radius 1 is 0.913 bits per heavy atom. The maximum atomic E-state index is 5.82. The summed E-state index contributed by atoms with van der Waals surface area (Å²) < 4.78 is 11.2. The molecule has 23 heavy (non-hydrogen) atoms. The van der Waals surface area contributed by atoms with Gasteiger partial charge in [0, 0.05) is 12.5 Å². The molecule has 2 aromatic heterocycles. The Morgan fingerprint density at radius 3 is 2.22 bits per heavy atom. The summed E-state index contributed by atoms with van der Waals surface area (Å²) in [5.41, 5.74) is 4.47. The van der Waals surface area contributed by atoms with Crippen LogP contribution in [0, 0.1) is 27.7 Å². The first-order valence-corrected chi connectivity index (χ1v) is 8.20. The van der Waals surface area contributed by atoms with Gasteiger partial charge in [0.1, 0.15) is 0 Å². The zero-order valence-corrected chi connectivity index (χ0v) is 14.6. The zero-order valence-electron chi connectivity index (χ0n) is 13.7. The van der Waals surface area contributed by atoms with Gasteiger partial charge in [-0.3, -0.25) is 0 Å². The van der Waals surface area contributed by atoms with Crippen LogP contribution in [0.5, 0.6) is 0 Å². The molecule has 7 heteroatoms. The van der Waals surface area contributed by atoms with Crippen molar-refractivity contribution in [1.82, 2.24) is 20.4 Å². The molecule has 0 saturated carbocycles. The normalized spacial score (nSPS) is 12.6. The molecule has 0 aliphatic rings. The minimum atomic E-state index is -0.0512. The van der Waals surface area contributed by atoms with Gasteiger partial charge in [-0.25, -0.2) is 0 Å². The molecule has 0 N–H and O–H groups in total. The quantitative estimate of drug-likeness (QED) is 0.663. The van der Waals surface area contributed by atoms with E-state index in [1.165, 1.54) is 17.3 Å². The van der Waals surface area contributed by atoms with Crippen LogP contribution in [-0.4, -0.2) is 20.4 Å². The third kappa shape index (κ3) is 3.29. The first-order valence-electron chi connectivity index (χ1n) is 7.32. The fourth-order valence-corrected chi connectivity index (χ4v) is 3.27. The largest absolute Gasteiger partial charge is 0.424 e. The molecule has 0 saturated heterocycles. The van der Waals surface area contributed by atoms with Crippen LogP contribution in [0.3, 0.4) is 0 Å². The van der Waals surface area contributed by atoms with Gasteiger partial charge in [-0.1, -0.05) is 29.5 Å². The maximum absolute atomic E-state index is 5.82. The van der Waals surface area contributed by atoms with Crippen molar-refractivity contribution in [2.45, 2.75) is 45.1 Å². The number of benzene rings is 1. The van der Waals surface area contributed by atoms with Gasteiger partial charge in [-0.15, -0.1) is 20.4 Å². The average molecular weight is 330 g/mol. The summed E-state index contributed by atoms with van der Waals surface area (Å²) in [5.74, 6) is 1.64. The SMILES string of the molecule is Cc1cc(C)c(-c2nnc(SC(C)c3nnc(C)o3)o2)c(C)c1. The van der Waals surface area contributed by atoms with Crippen LogP contribution >= 0.6 is 11.8 Å². The van der Waals surface area contributed by atoms with E-state index in [1.54, 1.807) is 6.92 Å². The van der Waals surface area contributed by atoms with E-state index < -0.39 is 0 Å². The summed E-state index contributed by atoms with van der Waals surface area (Å²) in [6.07, 6.45) is 0. The molecule has 1 aromatic carbocycles. The smallest absolute Gasteiger partial charge is 0.277 e. The molecule has 0 amide bonds. The fourth-order valence-electron chi connectivity index (χ4n) is 2.55. The van der Waals surface area contributed by atoms with E-state index in [0.717, 1.165) is 16.7 Å². The summed E-state index contributed by atoms with van der Waals surface area (Å²) in [6.45, 7) is 9.91. The predicted molar refractivity (Wildman–Crippen MR) is 87.3 cm³/mol. The molecule has 0 aliphatic carbocycles. The van der Waals surface area contributed by atoms with Crippen molar-refractivity contribution in [2.24, 2.45) is 0 Å². The van der Waals surface area contributed by atoms with E-state index in [-0.39, 0.29) is 5.25 Å². The van der Waals surface area contributed by atoms with Gasteiger partial charge in [0.05, 0.1) is 5.25 Å². The molecule has 120 valence electrons. The van der Waals surface area contributed by atoms with Gasteiger partial charge in [-0.2, -0.15) is 0 Å². The second kappa shape index (κ2) is 6.16. The summed E-state index contributed by atoms with van der Waals surface area (Å²) >= 11 is 1.40. The Kier molecular flexibility index (Phi) is 4.21. The molecule has 2 heterocycles. The minimum absolute atomic E-state index is 0.0512. The Balaban J connectivity index is 1.84. The van der Waals surface area contributed by atoms with E-state index in [0.29, 0.717) is 22.9 Å². The van der Waals surface area contributed by atoms with Crippen molar-refractivity contribution < 1.29 is 8.83 Å². The molecule has 0 spiro atoms. The highest BCUT2D eigenvalue weighted by atomic mass is 32.2. The number of hydrogen-bond donors (Lipinski definition) is 0. The molecule has 0 bridgehead atoms. The predicted octanol–water partition coefficient (Wildman–Crippen LogP) is 4.21. The number of nitrogens with zero attached hydrogens (tertiary/aromatic N) is 4. The Hall–Kier alpha value is -2.15. The first kappa shape index (κ1) is 15.7. The minimum Gasteiger partial charge on any atom is -0.424 e. The first-order chi connectivity index (χ1) is 10.9. The second-order valence-corrected chi connectivity index (χ2v) is 6.86. The van der Waals surface area contributed by atoms with Gasteiger partial charge >= 0.3 is 0 Å². The van der Waals surface area contributed by atoms with Crippen molar-refractivity contribution in [2.75, 3.05) is 0 Å². The van der Waals surface area contributed by atoms with E-state index in [1.807, 2.05) is 6.92 Å². The van der Waals surface area contributed by atoms with Crippen LogP contribution in [0.15, 0.2) is 26.2 Å². The zero-order chi connectivity index (χ0) is 16.6. The topological polar surface area (TPSA) is 77.8 Å². The van der Waals surface area contributed by atoms with Crippen LogP contribution < -0.4 is 0 Å². The Bertz CT molecular complexity index is 817. The summed E-state index contributed by atoms with van der Waals surface area (Å²) in [6, 6.07) is 4.23. The third-order valence-electron chi connectivity index (χ3n) is 3.46. The third-order valence-corrected chi connectivity index (χ3v) is 4.39. The lowest BCUT2D eigenvalue weighted by atomic mass is 10.00. The van der Waals surface area contributed by atoms with Crippen molar-refractivity contribution in [3.8, 4) is 11.5 Å². The molecule has 1 unspecified atom stereocenters. The summed E-state index contributed by atoms with van der Waals surface area (Å²) in [4.78, 5) is 0. The molecular weight excluding hydrogens is 312 g/mol. The Morgan fingerprint density at radius 2 is 1.61 bits per heavy atom. The van der Waals surface area contributed by atoms with Crippen LogP contribution in [0.25, 0.3) is 11.5 Å². The molecule has 0 aliphatic heterocycles. The summed E-state index contributed by atoms with van der Waals surface area (Å²) in [7, 11) is 0. The van der Waals surface area contributed by atoms with Crippen LogP contribution in [-0.2, 0) is 0 Å². The highest BCUT2D eigenvalue weighted by molar-refractivity contribution is 7.99. The van der Waals surface area contributed by atoms with Crippen molar-refractivity contribution in [1.29, 1.82) is 0 Å². The lowest BCUT2D eigenvalue weighted by molar-refractivity contribution is 0.454. The molecule has 3 aromatic rings. The van der Waals surface area contributed by atoms with Crippen molar-refractivity contribution in [3.05, 3.63) is 40.6 Å². The lowest BCUT2D eigenvalue weighted by Gasteiger charge is -2.07. The van der Waals surface area contributed by atoms with Gasteiger partial charge in [-0.05, 0) is 38.8 Å². The fraction of sp³-hybridized carbons (Fsp3) is 0.375. The number of aromatic nitrogens is 4. The Labute approximate surface area is 138 Å². The molecule has 3 rings (SSSR count). The van der Waals surface area contributed by atoms with E-state index in [4.69, 9.17) is 8.83 Å². The summed E-state index contributed by atoms with van der Waals surface area (Å²) in [5, 5.41) is 16.6. The second-order valence-electron chi connectivity index (χ2n) is 5.57. The van der Waals surface area contributed by atoms with Crippen molar-refractivity contribution >= 4 is 11.8 Å². The molecular formula is C16H18N4O2S. The molecule has 0 radical (unpaired) electrons. The van der Waals surface area contributed by atoms with E-state index in [9.17, 15) is 0 Å².